The van der Waals surface area contributed by atoms with Gasteiger partial charge >= 0.3 is 0 Å². The van der Waals surface area contributed by atoms with Gasteiger partial charge in [-0.3, -0.25) is 4.79 Å². The number of nitrogens with zero attached hydrogens (tertiary/aromatic N) is 7. The fraction of sp³-hybridized carbons (Fsp3) is 0.292. The van der Waals surface area contributed by atoms with Crippen LogP contribution in [0.2, 0.25) is 0 Å². The van der Waals surface area contributed by atoms with Crippen molar-refractivity contribution in [3.8, 4) is 22.9 Å². The Hall–Kier alpha value is -4.41. The number of carbonyl (C=O) groups excluding carboxylic acids is 1. The van der Waals surface area contributed by atoms with E-state index in [-0.39, 0.29) is 12.5 Å². The first kappa shape index (κ1) is 22.4. The zero-order valence-electron chi connectivity index (χ0n) is 19.5. The summed E-state index contributed by atoms with van der Waals surface area (Å²) in [5.41, 5.74) is 2.05. The molecule has 0 unspecified atom stereocenters. The minimum atomic E-state index is -0.0641. The molecule has 3 heterocycles. The monoisotopic (exact) mass is 475 g/mol. The van der Waals surface area contributed by atoms with Gasteiger partial charge < -0.3 is 24.0 Å². The number of benzene rings is 2. The topological polar surface area (TPSA) is 108 Å². The van der Waals surface area contributed by atoms with Crippen LogP contribution < -0.4 is 19.1 Å². The van der Waals surface area contributed by atoms with Gasteiger partial charge in [0, 0.05) is 32.2 Å². The average Bonchev–Trinajstić information content (AvgIpc) is 3.36. The molecule has 1 fully saturated rings. The fourth-order valence-corrected chi connectivity index (χ4v) is 3.96. The van der Waals surface area contributed by atoms with Gasteiger partial charge in [-0.05, 0) is 36.4 Å². The molecule has 2 aromatic heterocycles. The van der Waals surface area contributed by atoms with Crippen LogP contribution in [-0.4, -0.2) is 82.8 Å². The molecule has 1 aliphatic rings. The van der Waals surface area contributed by atoms with Crippen molar-refractivity contribution < 1.29 is 19.0 Å². The highest BCUT2D eigenvalue weighted by molar-refractivity contribution is 5.84. The first-order chi connectivity index (χ1) is 17.2. The largest absolute Gasteiger partial charge is 0.497 e. The van der Waals surface area contributed by atoms with E-state index in [1.807, 2.05) is 36.4 Å². The maximum absolute atomic E-state index is 12.7. The maximum atomic E-state index is 12.7. The third kappa shape index (κ3) is 4.65. The Kier molecular flexibility index (Phi) is 6.29. The van der Waals surface area contributed by atoms with Gasteiger partial charge in [-0.25, -0.2) is 9.97 Å². The van der Waals surface area contributed by atoms with Crippen LogP contribution in [0.3, 0.4) is 0 Å². The molecule has 0 atom stereocenters. The van der Waals surface area contributed by atoms with Gasteiger partial charge in [0.2, 0.25) is 0 Å². The summed E-state index contributed by atoms with van der Waals surface area (Å²) in [6, 6.07) is 14.7. The molecule has 11 nitrogen and oxygen atoms in total. The smallest absolute Gasteiger partial charge is 0.260 e. The summed E-state index contributed by atoms with van der Waals surface area (Å²) < 4.78 is 17.8. The van der Waals surface area contributed by atoms with E-state index in [0.717, 1.165) is 11.4 Å². The number of aromatic nitrogens is 5. The molecule has 0 bridgehead atoms. The highest BCUT2D eigenvalue weighted by atomic mass is 16.5. The molecule has 4 aromatic rings. The summed E-state index contributed by atoms with van der Waals surface area (Å²) in [5.74, 6) is 2.68. The second-order valence-corrected chi connectivity index (χ2v) is 7.90. The minimum Gasteiger partial charge on any atom is -0.497 e. The quantitative estimate of drug-likeness (QED) is 0.396. The van der Waals surface area contributed by atoms with E-state index in [9.17, 15) is 4.79 Å². The van der Waals surface area contributed by atoms with Crippen LogP contribution in [-0.2, 0) is 4.79 Å². The van der Waals surface area contributed by atoms with Crippen LogP contribution in [0.5, 0.6) is 17.2 Å². The zero-order chi connectivity index (χ0) is 24.2. The van der Waals surface area contributed by atoms with Gasteiger partial charge in [0.1, 0.15) is 23.6 Å². The van der Waals surface area contributed by atoms with Crippen molar-refractivity contribution in [1.82, 2.24) is 29.9 Å². The highest BCUT2D eigenvalue weighted by Crippen LogP contribution is 2.24. The van der Waals surface area contributed by atoms with E-state index in [0.29, 0.717) is 54.7 Å². The van der Waals surface area contributed by atoms with Crippen LogP contribution in [0.4, 0.5) is 5.82 Å². The number of ether oxygens (including phenoxy) is 3. The van der Waals surface area contributed by atoms with Crippen LogP contribution in [0, 0.1) is 0 Å². The van der Waals surface area contributed by atoms with Gasteiger partial charge in [-0.2, -0.15) is 4.68 Å². The van der Waals surface area contributed by atoms with Gasteiger partial charge in [-0.15, -0.1) is 5.10 Å². The SMILES string of the molecule is COc1ccc(-n2nnc3c(N4CCN(C(=O)COc5cccc(OC)c5)CC4)ncnc32)cc1. The van der Waals surface area contributed by atoms with E-state index in [1.54, 1.807) is 35.9 Å². The lowest BCUT2D eigenvalue weighted by atomic mass is 10.3. The summed E-state index contributed by atoms with van der Waals surface area (Å²) in [7, 11) is 3.22. The Bertz CT molecular complexity index is 1320. The normalized spacial score (nSPS) is 13.7. The van der Waals surface area contributed by atoms with Crippen molar-refractivity contribution in [2.75, 3.05) is 51.9 Å². The molecule has 35 heavy (non-hydrogen) atoms. The first-order valence-electron chi connectivity index (χ1n) is 11.2. The van der Waals surface area contributed by atoms with E-state index in [4.69, 9.17) is 14.2 Å². The number of carbonyl (C=O) groups is 1. The number of anilines is 1. The molecule has 0 N–H and O–H groups in total. The van der Waals surface area contributed by atoms with Gasteiger partial charge in [-0.1, -0.05) is 11.3 Å². The summed E-state index contributed by atoms with van der Waals surface area (Å²) in [4.78, 5) is 25.4. The Labute approximate surface area is 201 Å². The summed E-state index contributed by atoms with van der Waals surface area (Å²) >= 11 is 0. The number of hydrogen-bond donors (Lipinski definition) is 0. The van der Waals surface area contributed by atoms with Crippen LogP contribution in [0.25, 0.3) is 16.9 Å². The summed E-state index contributed by atoms with van der Waals surface area (Å²) in [6.07, 6.45) is 1.51. The predicted molar refractivity (Wildman–Crippen MR) is 128 cm³/mol. The second-order valence-electron chi connectivity index (χ2n) is 7.90. The Morgan fingerprint density at radius 3 is 2.40 bits per heavy atom. The molecule has 0 aliphatic carbocycles. The lowest BCUT2D eigenvalue weighted by Crippen LogP contribution is -2.50. The van der Waals surface area contributed by atoms with Gasteiger partial charge in [0.25, 0.3) is 5.91 Å². The second kappa shape index (κ2) is 9.84. The standard InChI is InChI=1S/C24H25N7O4/c1-33-18-8-6-17(7-9-18)31-24-22(27-28-31)23(25-16-26-24)30-12-10-29(11-13-30)21(32)15-35-20-5-3-4-19(14-20)34-2/h3-9,14,16H,10-13,15H2,1-2H3. The molecule has 0 spiro atoms. The van der Waals surface area contributed by atoms with Crippen molar-refractivity contribution in [2.24, 2.45) is 0 Å². The van der Waals surface area contributed by atoms with Gasteiger partial charge in [0.15, 0.2) is 23.6 Å². The fourth-order valence-electron chi connectivity index (χ4n) is 3.96. The lowest BCUT2D eigenvalue weighted by Gasteiger charge is -2.35. The van der Waals surface area contributed by atoms with Crippen molar-refractivity contribution in [3.63, 3.8) is 0 Å². The Balaban J connectivity index is 1.24. The molecular weight excluding hydrogens is 450 g/mol. The molecular formula is C24H25N7O4. The molecule has 1 amide bonds. The van der Waals surface area contributed by atoms with E-state index < -0.39 is 0 Å². The molecule has 0 radical (unpaired) electrons. The molecule has 1 saturated heterocycles. The summed E-state index contributed by atoms with van der Waals surface area (Å²) in [6.45, 7) is 2.32. The van der Waals surface area contributed by atoms with Crippen LogP contribution in [0.15, 0.2) is 54.9 Å². The number of piperazine rings is 1. The third-order valence-electron chi connectivity index (χ3n) is 5.87. The predicted octanol–water partition coefficient (Wildman–Crippen LogP) is 1.96. The number of rotatable bonds is 7. The molecule has 1 aliphatic heterocycles. The highest BCUT2D eigenvalue weighted by Gasteiger charge is 2.25. The summed E-state index contributed by atoms with van der Waals surface area (Å²) in [5, 5.41) is 8.64. The zero-order valence-corrected chi connectivity index (χ0v) is 19.5. The maximum Gasteiger partial charge on any atom is 0.260 e. The molecule has 5 rings (SSSR count). The molecule has 180 valence electrons. The van der Waals surface area contributed by atoms with Crippen molar-refractivity contribution in [3.05, 3.63) is 54.9 Å². The van der Waals surface area contributed by atoms with Crippen molar-refractivity contribution in [1.29, 1.82) is 0 Å². The van der Waals surface area contributed by atoms with Crippen molar-refractivity contribution >= 4 is 22.9 Å². The Morgan fingerprint density at radius 1 is 0.914 bits per heavy atom. The molecule has 0 saturated carbocycles. The number of fused-ring (bicyclic) bond motifs is 1. The van der Waals surface area contributed by atoms with Gasteiger partial charge in [0.05, 0.1) is 19.9 Å². The van der Waals surface area contributed by atoms with Crippen LogP contribution >= 0.6 is 0 Å². The number of amides is 1. The third-order valence-corrected chi connectivity index (χ3v) is 5.87. The lowest BCUT2D eigenvalue weighted by molar-refractivity contribution is -0.133. The Morgan fingerprint density at radius 2 is 1.66 bits per heavy atom. The number of hydrogen-bond acceptors (Lipinski definition) is 9. The molecule has 11 heteroatoms. The average molecular weight is 476 g/mol. The first-order valence-corrected chi connectivity index (χ1v) is 11.2. The van der Waals surface area contributed by atoms with E-state index in [2.05, 4.69) is 25.2 Å². The number of methoxy groups -OCH3 is 2. The van der Waals surface area contributed by atoms with E-state index >= 15 is 0 Å². The van der Waals surface area contributed by atoms with E-state index in [1.165, 1.54) is 6.33 Å². The minimum absolute atomic E-state index is 0.0267. The molecule has 2 aromatic carbocycles. The van der Waals surface area contributed by atoms with Crippen molar-refractivity contribution in [2.45, 2.75) is 0 Å². The van der Waals surface area contributed by atoms with Crippen LogP contribution in [0.1, 0.15) is 0 Å².